The molecule has 2 aromatic heterocycles. The average molecular weight is 519 g/mol. The van der Waals surface area contributed by atoms with Crippen molar-refractivity contribution in [3.05, 3.63) is 82.4 Å². The van der Waals surface area contributed by atoms with Gasteiger partial charge in [-0.1, -0.05) is 29.8 Å². The van der Waals surface area contributed by atoms with Crippen LogP contribution in [-0.2, 0) is 23.6 Å². The summed E-state index contributed by atoms with van der Waals surface area (Å²) >= 11 is 0. The first-order chi connectivity index (χ1) is 17.8. The number of likely N-dealkylation sites (tertiary alicyclic amines) is 1. The van der Waals surface area contributed by atoms with Crippen LogP contribution < -0.4 is 15.6 Å². The lowest BCUT2D eigenvalue weighted by Crippen LogP contribution is -2.42. The van der Waals surface area contributed by atoms with E-state index in [0.717, 1.165) is 45.9 Å². The third-order valence-electron chi connectivity index (χ3n) is 7.68. The molecule has 0 unspecified atom stereocenters. The molecule has 192 valence electrons. The monoisotopic (exact) mass is 518 g/mol. The van der Waals surface area contributed by atoms with Gasteiger partial charge in [-0.2, -0.15) is 0 Å². The smallest absolute Gasteiger partial charge is 0.275 e. The molecule has 8 nitrogen and oxygen atoms in total. The SMILES string of the molecule is COc1cc(CN2C[C@@H]3C[C@H]2CN3)ccc1-c1cn(C)c(=O)c2c1ccn2S(=O)(=O)c1ccc(C)cc1. The van der Waals surface area contributed by atoms with Gasteiger partial charge < -0.3 is 14.6 Å². The second-order valence-corrected chi connectivity index (χ2v) is 11.9. The van der Waals surface area contributed by atoms with E-state index >= 15 is 0 Å². The number of hydrogen-bond acceptors (Lipinski definition) is 6. The fourth-order valence-electron chi connectivity index (χ4n) is 5.70. The van der Waals surface area contributed by atoms with Crippen LogP contribution in [0.3, 0.4) is 0 Å². The Bertz CT molecular complexity index is 1670. The number of benzene rings is 2. The lowest BCUT2D eigenvalue weighted by Gasteiger charge is -2.27. The van der Waals surface area contributed by atoms with Crippen LogP contribution in [0, 0.1) is 6.92 Å². The van der Waals surface area contributed by atoms with Gasteiger partial charge in [-0.3, -0.25) is 9.69 Å². The number of hydrogen-bond donors (Lipinski definition) is 1. The van der Waals surface area contributed by atoms with Crippen LogP contribution in [0.5, 0.6) is 5.75 Å². The van der Waals surface area contributed by atoms with E-state index in [9.17, 15) is 13.2 Å². The van der Waals surface area contributed by atoms with Gasteiger partial charge in [-0.05, 0) is 43.2 Å². The lowest BCUT2D eigenvalue weighted by molar-refractivity contribution is 0.217. The van der Waals surface area contributed by atoms with Crippen LogP contribution in [0.15, 0.2) is 70.6 Å². The molecule has 37 heavy (non-hydrogen) atoms. The maximum Gasteiger partial charge on any atom is 0.275 e. The number of pyridine rings is 1. The van der Waals surface area contributed by atoms with Crippen molar-refractivity contribution in [3.8, 4) is 16.9 Å². The average Bonchev–Trinajstić information content (AvgIpc) is 3.63. The Balaban J connectivity index is 1.44. The van der Waals surface area contributed by atoms with E-state index in [-0.39, 0.29) is 16.0 Å². The van der Waals surface area contributed by atoms with Crippen LogP contribution in [0.1, 0.15) is 17.5 Å². The van der Waals surface area contributed by atoms with E-state index in [4.69, 9.17) is 4.74 Å². The van der Waals surface area contributed by atoms with Crippen LogP contribution in [0.4, 0.5) is 0 Å². The van der Waals surface area contributed by atoms with Gasteiger partial charge in [0.05, 0.1) is 12.0 Å². The summed E-state index contributed by atoms with van der Waals surface area (Å²) in [6.45, 7) is 4.85. The molecular formula is C28H30N4O4S. The number of piperazine rings is 1. The molecule has 0 radical (unpaired) electrons. The molecule has 0 spiro atoms. The fraction of sp³-hybridized carbons (Fsp3) is 0.321. The van der Waals surface area contributed by atoms with Gasteiger partial charge in [0.15, 0.2) is 0 Å². The van der Waals surface area contributed by atoms with Crippen molar-refractivity contribution in [1.82, 2.24) is 18.8 Å². The van der Waals surface area contributed by atoms with Crippen LogP contribution in [0.25, 0.3) is 22.0 Å². The Kier molecular flexibility index (Phi) is 5.74. The molecule has 2 aliphatic rings. The lowest BCUT2D eigenvalue weighted by atomic mass is 10.0. The number of fused-ring (bicyclic) bond motifs is 3. The highest BCUT2D eigenvalue weighted by molar-refractivity contribution is 7.90. The summed E-state index contributed by atoms with van der Waals surface area (Å²) in [4.78, 5) is 15.9. The molecule has 0 aliphatic carbocycles. The van der Waals surface area contributed by atoms with Gasteiger partial charge in [0.2, 0.25) is 0 Å². The summed E-state index contributed by atoms with van der Waals surface area (Å²) in [5.74, 6) is 0.689. The molecule has 2 atom stereocenters. The zero-order valence-corrected chi connectivity index (χ0v) is 22.0. The molecule has 2 saturated heterocycles. The second kappa shape index (κ2) is 8.86. The predicted octanol–water partition coefficient (Wildman–Crippen LogP) is 3.11. The molecule has 4 heterocycles. The summed E-state index contributed by atoms with van der Waals surface area (Å²) in [6, 6.07) is 15.6. The minimum atomic E-state index is -3.96. The summed E-state index contributed by atoms with van der Waals surface area (Å²) in [5.41, 5.74) is 3.40. The third-order valence-corrected chi connectivity index (χ3v) is 9.37. The number of rotatable bonds is 6. The van der Waals surface area contributed by atoms with Crippen LogP contribution in [-0.4, -0.2) is 54.1 Å². The maximum atomic E-state index is 13.5. The Morgan fingerprint density at radius 1 is 1.08 bits per heavy atom. The molecule has 9 heteroatoms. The standard InChI is InChI=1S/C28H30N4O4S/c1-18-4-7-22(8-5-18)37(34,35)32-11-10-24-25(17-30(2)28(33)27(24)32)23-9-6-19(12-26(23)36-3)15-31-16-20-13-21(31)14-29-20/h4-12,17,20-21,29H,13-16H2,1-3H3/t20-,21-/m0/s1. The molecular weight excluding hydrogens is 488 g/mol. The second-order valence-electron chi connectivity index (χ2n) is 10.1. The van der Waals surface area contributed by atoms with E-state index in [0.29, 0.717) is 23.2 Å². The molecule has 2 aliphatic heterocycles. The molecule has 6 rings (SSSR count). The molecule has 0 saturated carbocycles. The first-order valence-corrected chi connectivity index (χ1v) is 13.9. The zero-order chi connectivity index (χ0) is 25.9. The molecule has 4 aromatic rings. The Hall–Kier alpha value is -3.40. The minimum Gasteiger partial charge on any atom is -0.496 e. The molecule has 2 fully saturated rings. The maximum absolute atomic E-state index is 13.5. The highest BCUT2D eigenvalue weighted by atomic mass is 32.2. The van der Waals surface area contributed by atoms with Gasteiger partial charge in [0, 0.05) is 67.7 Å². The number of aryl methyl sites for hydroxylation is 2. The van der Waals surface area contributed by atoms with Crippen LogP contribution >= 0.6 is 0 Å². The Labute approximate surface area is 216 Å². The van der Waals surface area contributed by atoms with E-state index in [1.165, 1.54) is 17.2 Å². The fourth-order valence-corrected chi connectivity index (χ4v) is 7.05. The Morgan fingerprint density at radius 2 is 1.86 bits per heavy atom. The summed E-state index contributed by atoms with van der Waals surface area (Å²) in [5, 5.41) is 4.10. The molecule has 1 N–H and O–H groups in total. The zero-order valence-electron chi connectivity index (χ0n) is 21.1. The largest absolute Gasteiger partial charge is 0.496 e. The normalized spacial score (nSPS) is 19.6. The van der Waals surface area contributed by atoms with E-state index in [1.54, 1.807) is 50.7 Å². The van der Waals surface area contributed by atoms with Gasteiger partial charge in [0.1, 0.15) is 11.3 Å². The van der Waals surface area contributed by atoms with E-state index < -0.39 is 10.0 Å². The van der Waals surface area contributed by atoms with Gasteiger partial charge in [-0.15, -0.1) is 0 Å². The number of nitrogens with one attached hydrogen (secondary N) is 1. The molecule has 0 amide bonds. The van der Waals surface area contributed by atoms with Gasteiger partial charge >= 0.3 is 0 Å². The van der Waals surface area contributed by atoms with Crippen molar-refractivity contribution >= 4 is 20.9 Å². The summed E-state index contributed by atoms with van der Waals surface area (Å²) < 4.78 is 35.3. The van der Waals surface area contributed by atoms with Gasteiger partial charge in [0.25, 0.3) is 15.6 Å². The van der Waals surface area contributed by atoms with Crippen molar-refractivity contribution in [2.24, 2.45) is 7.05 Å². The number of ether oxygens (including phenoxy) is 1. The van der Waals surface area contributed by atoms with Crippen molar-refractivity contribution in [2.75, 3.05) is 20.2 Å². The van der Waals surface area contributed by atoms with Gasteiger partial charge in [-0.25, -0.2) is 12.4 Å². The molecule has 2 bridgehead atoms. The predicted molar refractivity (Wildman–Crippen MR) is 144 cm³/mol. The van der Waals surface area contributed by atoms with E-state index in [1.807, 2.05) is 19.1 Å². The van der Waals surface area contributed by atoms with Crippen molar-refractivity contribution in [1.29, 1.82) is 0 Å². The Morgan fingerprint density at radius 3 is 2.54 bits per heavy atom. The topological polar surface area (TPSA) is 85.6 Å². The first kappa shape index (κ1) is 24.0. The van der Waals surface area contributed by atoms with Crippen molar-refractivity contribution in [3.63, 3.8) is 0 Å². The number of aromatic nitrogens is 2. The highest BCUT2D eigenvalue weighted by Crippen LogP contribution is 2.36. The highest BCUT2D eigenvalue weighted by Gasteiger charge is 2.37. The van der Waals surface area contributed by atoms with Crippen LogP contribution in [0.2, 0.25) is 0 Å². The molecule has 2 aromatic carbocycles. The minimum absolute atomic E-state index is 0.118. The summed E-state index contributed by atoms with van der Waals surface area (Å²) in [6.07, 6.45) is 4.41. The van der Waals surface area contributed by atoms with E-state index in [2.05, 4.69) is 16.3 Å². The van der Waals surface area contributed by atoms with Crippen molar-refractivity contribution < 1.29 is 13.2 Å². The third kappa shape index (κ3) is 3.98. The quantitative estimate of drug-likeness (QED) is 0.422. The first-order valence-electron chi connectivity index (χ1n) is 12.4. The number of methoxy groups -OCH3 is 1. The summed E-state index contributed by atoms with van der Waals surface area (Å²) in [7, 11) is -0.683. The number of nitrogens with zero attached hydrogens (tertiary/aromatic N) is 3. The van der Waals surface area contributed by atoms with Crippen molar-refractivity contribution in [2.45, 2.75) is 36.9 Å².